The summed E-state index contributed by atoms with van der Waals surface area (Å²) in [6.07, 6.45) is 0. The molecule has 6 heteroatoms. The molecule has 6 nitrogen and oxygen atoms in total. The number of aromatic amines is 1. The van der Waals surface area contributed by atoms with Crippen molar-refractivity contribution in [2.45, 2.75) is 13.5 Å². The Balaban J connectivity index is 2.85. The number of carbonyl (C=O) groups excluding carboxylic acids is 1. The van der Waals surface area contributed by atoms with E-state index < -0.39 is 17.1 Å². The van der Waals surface area contributed by atoms with Crippen LogP contribution in [0.1, 0.15) is 6.92 Å². The second-order valence-electron chi connectivity index (χ2n) is 3.06. The first-order chi connectivity index (χ1) is 7.54. The zero-order valence-electron chi connectivity index (χ0n) is 8.86. The van der Waals surface area contributed by atoms with Crippen molar-refractivity contribution in [1.82, 2.24) is 9.78 Å². The Morgan fingerprint density at radius 3 is 2.81 bits per heavy atom. The fraction of sp³-hybridized carbons (Fsp3) is 0.300. The summed E-state index contributed by atoms with van der Waals surface area (Å²) >= 11 is 0. The highest BCUT2D eigenvalue weighted by molar-refractivity contribution is 5.87. The molecule has 0 amide bonds. The molecule has 1 aromatic heterocycles. The van der Waals surface area contributed by atoms with Crippen LogP contribution >= 0.6 is 0 Å². The minimum atomic E-state index is -0.584. The zero-order chi connectivity index (χ0) is 12.1. The molecule has 0 saturated heterocycles. The molecule has 0 unspecified atom stereocenters. The van der Waals surface area contributed by atoms with E-state index in [1.165, 1.54) is 0 Å². The largest absolute Gasteiger partial charge is 0.463 e. The van der Waals surface area contributed by atoms with E-state index >= 15 is 0 Å². The quantitative estimate of drug-likeness (QED) is 0.560. The molecule has 1 N–H and O–H groups in total. The lowest BCUT2D eigenvalue weighted by Gasteiger charge is -2.06. The highest BCUT2D eigenvalue weighted by Gasteiger charge is 2.09. The Hall–Kier alpha value is -2.11. The lowest BCUT2D eigenvalue weighted by molar-refractivity contribution is -0.138. The summed E-state index contributed by atoms with van der Waals surface area (Å²) in [5.74, 6) is -0.584. The number of nitrogens with zero attached hydrogens (tertiary/aromatic N) is 1. The average molecular weight is 224 g/mol. The van der Waals surface area contributed by atoms with Gasteiger partial charge in [-0.05, 0) is 6.92 Å². The Morgan fingerprint density at radius 2 is 2.19 bits per heavy atom. The van der Waals surface area contributed by atoms with Gasteiger partial charge in [-0.15, -0.1) is 0 Å². The third-order valence-electron chi connectivity index (χ3n) is 1.80. The normalized spacial score (nSPS) is 9.81. The Labute approximate surface area is 91.1 Å². The van der Waals surface area contributed by atoms with Crippen LogP contribution in [0.25, 0.3) is 0 Å². The third-order valence-corrected chi connectivity index (χ3v) is 1.80. The van der Waals surface area contributed by atoms with Gasteiger partial charge in [-0.25, -0.2) is 9.48 Å². The number of carbonyl (C=O) groups is 1. The number of ether oxygens (including phenoxy) is 1. The van der Waals surface area contributed by atoms with E-state index in [0.717, 1.165) is 16.8 Å². The summed E-state index contributed by atoms with van der Waals surface area (Å²) in [6, 6.07) is 2.24. The number of hydrogen-bond acceptors (Lipinski definition) is 4. The van der Waals surface area contributed by atoms with Gasteiger partial charge in [0.2, 0.25) is 0 Å². The van der Waals surface area contributed by atoms with E-state index in [0.29, 0.717) is 0 Å². The average Bonchev–Trinajstić information content (AvgIpc) is 2.23. The molecule has 0 aromatic carbocycles. The molecule has 0 bridgehead atoms. The number of nitrogens with one attached hydrogen (secondary N) is 1. The maximum atomic E-state index is 11.3. The molecule has 1 aromatic rings. The van der Waals surface area contributed by atoms with Crippen LogP contribution in [0.2, 0.25) is 0 Å². The molecular weight excluding hydrogens is 212 g/mol. The van der Waals surface area contributed by atoms with Crippen molar-refractivity contribution in [3.63, 3.8) is 0 Å². The molecule has 0 fully saturated rings. The Morgan fingerprint density at radius 1 is 1.50 bits per heavy atom. The van der Waals surface area contributed by atoms with Gasteiger partial charge in [0.15, 0.2) is 0 Å². The number of rotatable bonds is 4. The number of aromatic nitrogens is 2. The summed E-state index contributed by atoms with van der Waals surface area (Å²) in [5, 5.41) is 2.28. The fourth-order valence-corrected chi connectivity index (χ4v) is 1.07. The van der Waals surface area contributed by atoms with Gasteiger partial charge in [0, 0.05) is 12.1 Å². The van der Waals surface area contributed by atoms with Gasteiger partial charge >= 0.3 is 5.97 Å². The van der Waals surface area contributed by atoms with E-state index in [9.17, 15) is 14.4 Å². The second-order valence-corrected chi connectivity index (χ2v) is 3.06. The van der Waals surface area contributed by atoms with E-state index in [1.807, 2.05) is 0 Å². The van der Waals surface area contributed by atoms with Crippen LogP contribution in [0.5, 0.6) is 0 Å². The first-order valence-corrected chi connectivity index (χ1v) is 4.69. The van der Waals surface area contributed by atoms with Gasteiger partial charge in [-0.1, -0.05) is 6.58 Å². The summed E-state index contributed by atoms with van der Waals surface area (Å²) in [6.45, 7) is 5.30. The van der Waals surface area contributed by atoms with Crippen LogP contribution in [-0.2, 0) is 16.1 Å². The summed E-state index contributed by atoms with van der Waals surface area (Å²) in [5.41, 5.74) is -0.730. The second kappa shape index (κ2) is 5.11. The van der Waals surface area contributed by atoms with E-state index in [1.54, 1.807) is 6.92 Å². The molecule has 0 saturated carbocycles. The van der Waals surface area contributed by atoms with Crippen molar-refractivity contribution in [2.24, 2.45) is 0 Å². The maximum absolute atomic E-state index is 11.3. The van der Waals surface area contributed by atoms with Crippen LogP contribution in [0.3, 0.4) is 0 Å². The SMILES string of the molecule is C=C(Cn1[nH]c(=O)ccc1=O)C(=O)OCC. The predicted molar refractivity (Wildman–Crippen MR) is 57.1 cm³/mol. The van der Waals surface area contributed by atoms with Crippen molar-refractivity contribution in [2.75, 3.05) is 6.61 Å². The Bertz CT molecular complexity index is 512. The van der Waals surface area contributed by atoms with E-state index in [2.05, 4.69) is 11.7 Å². The highest BCUT2D eigenvalue weighted by Crippen LogP contribution is 1.96. The molecule has 0 aliphatic carbocycles. The summed E-state index contributed by atoms with van der Waals surface area (Å²) < 4.78 is 5.70. The van der Waals surface area contributed by atoms with Crippen molar-refractivity contribution >= 4 is 5.97 Å². The topological polar surface area (TPSA) is 81.2 Å². The molecular formula is C10H12N2O4. The van der Waals surface area contributed by atoms with Gasteiger partial charge in [0.05, 0.1) is 18.7 Å². The standard InChI is InChI=1S/C10H12N2O4/c1-3-16-10(15)7(2)6-12-9(14)5-4-8(13)11-12/h4-5H,2-3,6H2,1H3,(H,11,13). The van der Waals surface area contributed by atoms with Crippen LogP contribution in [0.15, 0.2) is 33.9 Å². The first kappa shape index (κ1) is 12.0. The first-order valence-electron chi connectivity index (χ1n) is 4.69. The minimum Gasteiger partial charge on any atom is -0.463 e. The van der Waals surface area contributed by atoms with Crippen molar-refractivity contribution in [3.05, 3.63) is 45.0 Å². The van der Waals surface area contributed by atoms with Crippen LogP contribution in [0, 0.1) is 0 Å². The lowest BCUT2D eigenvalue weighted by atomic mass is 10.3. The smallest absolute Gasteiger partial charge is 0.335 e. The molecule has 86 valence electrons. The number of H-pyrrole nitrogens is 1. The molecule has 0 spiro atoms. The van der Waals surface area contributed by atoms with Crippen molar-refractivity contribution < 1.29 is 9.53 Å². The summed E-state index contributed by atoms with van der Waals surface area (Å²) in [4.78, 5) is 33.5. The molecule has 0 aliphatic rings. The van der Waals surface area contributed by atoms with Crippen molar-refractivity contribution in [1.29, 1.82) is 0 Å². The minimum absolute atomic E-state index is 0.0895. The maximum Gasteiger partial charge on any atom is 0.335 e. The number of esters is 1. The molecule has 0 atom stereocenters. The molecule has 1 heterocycles. The molecule has 16 heavy (non-hydrogen) atoms. The molecule has 0 aliphatic heterocycles. The third kappa shape index (κ3) is 2.94. The van der Waals surface area contributed by atoms with Crippen LogP contribution in [-0.4, -0.2) is 22.4 Å². The van der Waals surface area contributed by atoms with Gasteiger partial charge < -0.3 is 4.74 Å². The predicted octanol–water partition coefficient (Wildman–Crippen LogP) is -0.344. The van der Waals surface area contributed by atoms with E-state index in [-0.39, 0.29) is 18.7 Å². The van der Waals surface area contributed by atoms with Crippen LogP contribution < -0.4 is 11.1 Å². The molecule has 1 rings (SSSR count). The van der Waals surface area contributed by atoms with E-state index in [4.69, 9.17) is 4.74 Å². The van der Waals surface area contributed by atoms with Crippen molar-refractivity contribution in [3.8, 4) is 0 Å². The Kier molecular flexibility index (Phi) is 3.82. The number of hydrogen-bond donors (Lipinski definition) is 1. The lowest BCUT2D eigenvalue weighted by Crippen LogP contribution is -2.29. The molecule has 0 radical (unpaired) electrons. The highest BCUT2D eigenvalue weighted by atomic mass is 16.5. The zero-order valence-corrected chi connectivity index (χ0v) is 8.86. The summed E-state index contributed by atoms with van der Waals surface area (Å²) in [7, 11) is 0. The van der Waals surface area contributed by atoms with Gasteiger partial charge in [0.25, 0.3) is 11.1 Å². The van der Waals surface area contributed by atoms with Gasteiger partial charge in [-0.2, -0.15) is 0 Å². The fourth-order valence-electron chi connectivity index (χ4n) is 1.07. The van der Waals surface area contributed by atoms with Gasteiger partial charge in [0.1, 0.15) is 0 Å². The van der Waals surface area contributed by atoms with Crippen LogP contribution in [0.4, 0.5) is 0 Å². The monoisotopic (exact) mass is 224 g/mol. The van der Waals surface area contributed by atoms with Gasteiger partial charge in [-0.3, -0.25) is 14.7 Å².